The second-order valence-corrected chi connectivity index (χ2v) is 5.28. The minimum atomic E-state index is -4.43. The number of hydrogen-bond donors (Lipinski definition) is 1. The fourth-order valence-corrected chi connectivity index (χ4v) is 1.98. The summed E-state index contributed by atoms with van der Waals surface area (Å²) in [7, 11) is -3.68. The Balaban J connectivity index is 4.17. The van der Waals surface area contributed by atoms with Crippen molar-refractivity contribution in [2.75, 3.05) is 12.4 Å². The van der Waals surface area contributed by atoms with Gasteiger partial charge in [-0.25, -0.2) is 13.6 Å². The van der Waals surface area contributed by atoms with Crippen molar-refractivity contribution in [3.8, 4) is 0 Å². The lowest BCUT2D eigenvalue weighted by Gasteiger charge is -2.20. The van der Waals surface area contributed by atoms with Crippen LogP contribution in [0.15, 0.2) is 0 Å². The number of nitrogens with two attached hydrogens (primary N) is 1. The van der Waals surface area contributed by atoms with Gasteiger partial charge in [0.05, 0.1) is 12.4 Å². The average molecular weight is 263 g/mol. The molecule has 2 N–H and O–H groups in total. The lowest BCUT2D eigenvalue weighted by Crippen LogP contribution is -2.32. The van der Waals surface area contributed by atoms with Crippen molar-refractivity contribution in [1.29, 1.82) is 0 Å². The molecule has 0 aliphatic rings. The Morgan fingerprint density at radius 1 is 1.38 bits per heavy atom. The van der Waals surface area contributed by atoms with E-state index in [2.05, 4.69) is 4.74 Å². The summed E-state index contributed by atoms with van der Waals surface area (Å²) in [5.74, 6) is -0.881. The Kier molecular flexibility index (Phi) is 5.71. The van der Waals surface area contributed by atoms with Crippen LogP contribution in [0, 0.1) is 5.92 Å². The van der Waals surface area contributed by atoms with Crippen LogP contribution in [-0.4, -0.2) is 33.1 Å². The van der Waals surface area contributed by atoms with Crippen molar-refractivity contribution in [3.05, 3.63) is 0 Å². The van der Waals surface area contributed by atoms with Gasteiger partial charge in [0.1, 0.15) is 0 Å². The molecule has 0 bridgehead atoms. The number of hydrogen-bond acceptors (Lipinski definition) is 3. The quantitative estimate of drug-likeness (QED) is 0.784. The van der Waals surface area contributed by atoms with E-state index in [1.807, 2.05) is 0 Å². The van der Waals surface area contributed by atoms with E-state index in [1.165, 1.54) is 0 Å². The average Bonchev–Trinajstić information content (AvgIpc) is 2.08. The molecular formula is C8H16F3NO3S. The minimum Gasteiger partial charge on any atom is -0.369 e. The van der Waals surface area contributed by atoms with Crippen molar-refractivity contribution in [3.63, 3.8) is 0 Å². The maximum absolute atomic E-state index is 12.1. The van der Waals surface area contributed by atoms with Crippen molar-refractivity contribution in [2.24, 2.45) is 11.1 Å². The number of primary sulfonamides is 1. The molecular weight excluding hydrogens is 247 g/mol. The number of halogens is 3. The molecule has 0 aliphatic heterocycles. The lowest BCUT2D eigenvalue weighted by molar-refractivity contribution is -0.216. The van der Waals surface area contributed by atoms with Crippen LogP contribution in [0.5, 0.6) is 0 Å². The maximum atomic E-state index is 12.1. The van der Waals surface area contributed by atoms with Crippen LogP contribution in [0.4, 0.5) is 13.2 Å². The molecule has 0 spiro atoms. The predicted octanol–water partition coefficient (Wildman–Crippen LogP) is 1.27. The van der Waals surface area contributed by atoms with Gasteiger partial charge in [0.15, 0.2) is 6.10 Å². The van der Waals surface area contributed by atoms with Gasteiger partial charge >= 0.3 is 6.18 Å². The number of rotatable bonds is 6. The third-order valence-corrected chi connectivity index (χ3v) is 3.02. The maximum Gasteiger partial charge on any atom is 0.414 e. The van der Waals surface area contributed by atoms with E-state index in [9.17, 15) is 21.6 Å². The molecule has 98 valence electrons. The fraction of sp³-hybridized carbons (Fsp3) is 1.00. The summed E-state index contributed by atoms with van der Waals surface area (Å²) in [6.07, 6.45) is -5.94. The highest BCUT2D eigenvalue weighted by atomic mass is 32.2. The van der Waals surface area contributed by atoms with E-state index in [1.54, 1.807) is 6.92 Å². The van der Waals surface area contributed by atoms with E-state index in [4.69, 9.17) is 5.14 Å². The molecule has 4 nitrogen and oxygen atoms in total. The fourth-order valence-electron chi connectivity index (χ4n) is 0.987. The molecule has 0 radical (unpaired) electrons. The molecule has 0 aliphatic carbocycles. The molecule has 0 amide bonds. The van der Waals surface area contributed by atoms with Crippen molar-refractivity contribution in [1.82, 2.24) is 0 Å². The van der Waals surface area contributed by atoms with Gasteiger partial charge in [0.25, 0.3) is 0 Å². The van der Waals surface area contributed by atoms with Crippen LogP contribution in [0.25, 0.3) is 0 Å². The van der Waals surface area contributed by atoms with Gasteiger partial charge < -0.3 is 4.74 Å². The van der Waals surface area contributed by atoms with Crippen LogP contribution in [0.2, 0.25) is 0 Å². The van der Waals surface area contributed by atoms with Crippen molar-refractivity contribution in [2.45, 2.75) is 32.5 Å². The van der Waals surface area contributed by atoms with Gasteiger partial charge in [-0.15, -0.1) is 0 Å². The van der Waals surface area contributed by atoms with Gasteiger partial charge in [-0.1, -0.05) is 13.3 Å². The molecule has 2 atom stereocenters. The lowest BCUT2D eigenvalue weighted by atomic mass is 10.1. The SMILES string of the molecule is CCC(COC(C)C(F)(F)F)CS(N)(=O)=O. The largest absolute Gasteiger partial charge is 0.414 e. The summed E-state index contributed by atoms with van der Waals surface area (Å²) >= 11 is 0. The first kappa shape index (κ1) is 15.7. The second kappa shape index (κ2) is 5.83. The van der Waals surface area contributed by atoms with Crippen molar-refractivity contribution < 1.29 is 26.3 Å². The Labute approximate surface area is 93.0 Å². The summed E-state index contributed by atoms with van der Waals surface area (Å²) in [5, 5.41) is 4.80. The van der Waals surface area contributed by atoms with Crippen LogP contribution in [0.3, 0.4) is 0 Å². The van der Waals surface area contributed by atoms with Gasteiger partial charge in [-0.2, -0.15) is 13.2 Å². The normalized spacial score (nSPS) is 17.1. The molecule has 0 heterocycles. The van der Waals surface area contributed by atoms with E-state index in [0.29, 0.717) is 6.42 Å². The minimum absolute atomic E-state index is 0.270. The van der Waals surface area contributed by atoms with Gasteiger partial charge in [-0.05, 0) is 12.8 Å². The van der Waals surface area contributed by atoms with E-state index >= 15 is 0 Å². The first-order chi connectivity index (χ1) is 7.06. The van der Waals surface area contributed by atoms with E-state index in [-0.39, 0.29) is 12.4 Å². The predicted molar refractivity (Wildman–Crippen MR) is 53.2 cm³/mol. The molecule has 0 aromatic rings. The topological polar surface area (TPSA) is 69.4 Å². The Hall–Kier alpha value is -0.340. The number of alkyl halides is 3. The standard InChI is InChI=1S/C8H16F3NO3S/c1-3-7(5-16(12,13)14)4-15-6(2)8(9,10)11/h6-7H,3-5H2,1-2H3,(H2,12,13,14). The van der Waals surface area contributed by atoms with Crippen LogP contribution < -0.4 is 5.14 Å². The van der Waals surface area contributed by atoms with E-state index in [0.717, 1.165) is 6.92 Å². The summed E-state index contributed by atoms with van der Waals surface area (Å²) < 4.78 is 62.3. The monoisotopic (exact) mass is 263 g/mol. The third-order valence-electron chi connectivity index (χ3n) is 2.09. The smallest absolute Gasteiger partial charge is 0.369 e. The number of ether oxygens (including phenoxy) is 1. The summed E-state index contributed by atoms with van der Waals surface area (Å²) in [4.78, 5) is 0. The Morgan fingerprint density at radius 2 is 1.88 bits per heavy atom. The zero-order chi connectivity index (χ0) is 13.0. The summed E-state index contributed by atoms with van der Waals surface area (Å²) in [5.41, 5.74) is 0. The molecule has 0 aromatic heterocycles. The van der Waals surface area contributed by atoms with Gasteiger partial charge in [0, 0.05) is 0 Å². The van der Waals surface area contributed by atoms with Gasteiger partial charge in [0.2, 0.25) is 10.0 Å². The molecule has 0 saturated carbocycles. The highest BCUT2D eigenvalue weighted by Crippen LogP contribution is 2.23. The van der Waals surface area contributed by atoms with Crippen LogP contribution in [-0.2, 0) is 14.8 Å². The Bertz CT molecular complexity index is 302. The molecule has 0 aromatic carbocycles. The first-order valence-electron chi connectivity index (χ1n) is 4.75. The summed E-state index contributed by atoms with van der Waals surface area (Å²) in [6.45, 7) is 2.27. The van der Waals surface area contributed by atoms with Crippen molar-refractivity contribution >= 4 is 10.0 Å². The number of sulfonamides is 1. The Morgan fingerprint density at radius 3 is 2.19 bits per heavy atom. The summed E-state index contributed by atoms with van der Waals surface area (Å²) in [6, 6.07) is 0. The highest BCUT2D eigenvalue weighted by Gasteiger charge is 2.37. The highest BCUT2D eigenvalue weighted by molar-refractivity contribution is 7.89. The molecule has 2 unspecified atom stereocenters. The zero-order valence-corrected chi connectivity index (χ0v) is 9.94. The van der Waals surface area contributed by atoms with Crippen LogP contribution in [0.1, 0.15) is 20.3 Å². The van der Waals surface area contributed by atoms with Gasteiger partial charge in [-0.3, -0.25) is 0 Å². The first-order valence-corrected chi connectivity index (χ1v) is 6.46. The third kappa shape index (κ3) is 7.02. The van der Waals surface area contributed by atoms with Crippen LogP contribution >= 0.6 is 0 Å². The molecule has 0 rings (SSSR count). The van der Waals surface area contributed by atoms with E-state index < -0.39 is 28.2 Å². The molecule has 0 fully saturated rings. The second-order valence-electron chi connectivity index (χ2n) is 3.62. The molecule has 0 saturated heterocycles. The molecule has 16 heavy (non-hydrogen) atoms. The zero-order valence-electron chi connectivity index (χ0n) is 9.12. The molecule has 8 heteroatoms.